The highest BCUT2D eigenvalue weighted by Gasteiger charge is 2.26. The van der Waals surface area contributed by atoms with Crippen molar-refractivity contribution in [2.45, 2.75) is 32.4 Å². The monoisotopic (exact) mass is 284 g/mol. The molecule has 2 aromatic rings. The molecule has 0 fully saturated rings. The molecule has 110 valence electrons. The van der Waals surface area contributed by atoms with E-state index in [0.29, 0.717) is 6.54 Å². The number of hydrogen-bond acceptors (Lipinski definition) is 3. The van der Waals surface area contributed by atoms with Crippen LogP contribution in [0.5, 0.6) is 0 Å². The third-order valence-corrected chi connectivity index (χ3v) is 3.87. The number of anilines is 1. The highest BCUT2D eigenvalue weighted by molar-refractivity contribution is 5.87. The Morgan fingerprint density at radius 1 is 1.48 bits per heavy atom. The van der Waals surface area contributed by atoms with E-state index < -0.39 is 0 Å². The van der Waals surface area contributed by atoms with Gasteiger partial charge in [0.05, 0.1) is 5.69 Å². The van der Waals surface area contributed by atoms with Crippen molar-refractivity contribution >= 4 is 11.6 Å². The number of aryl methyl sites for hydroxylation is 2. The number of benzene rings is 1. The van der Waals surface area contributed by atoms with E-state index in [2.05, 4.69) is 28.7 Å². The van der Waals surface area contributed by atoms with Crippen LogP contribution in [0.3, 0.4) is 0 Å². The number of rotatable bonds is 4. The van der Waals surface area contributed by atoms with Crippen LogP contribution < -0.4 is 10.6 Å². The number of carbonyl (C=O) groups excluding carboxylic acids is 1. The van der Waals surface area contributed by atoms with Gasteiger partial charge in [-0.15, -0.1) is 0 Å². The number of para-hydroxylation sites is 1. The van der Waals surface area contributed by atoms with Crippen molar-refractivity contribution in [2.75, 3.05) is 5.32 Å². The van der Waals surface area contributed by atoms with E-state index >= 15 is 0 Å². The number of fused-ring (bicyclic) bond motifs is 1. The largest absolute Gasteiger partial charge is 0.373 e. The van der Waals surface area contributed by atoms with E-state index in [4.69, 9.17) is 0 Å². The maximum absolute atomic E-state index is 12.3. The summed E-state index contributed by atoms with van der Waals surface area (Å²) in [5.41, 5.74) is 4.39. The predicted molar refractivity (Wildman–Crippen MR) is 82.0 cm³/mol. The van der Waals surface area contributed by atoms with Crippen molar-refractivity contribution in [2.24, 2.45) is 7.05 Å². The molecule has 1 amide bonds. The van der Waals surface area contributed by atoms with E-state index in [1.165, 1.54) is 5.56 Å². The zero-order valence-corrected chi connectivity index (χ0v) is 12.4. The molecule has 1 atom stereocenters. The van der Waals surface area contributed by atoms with Crippen LogP contribution in [0.4, 0.5) is 5.69 Å². The van der Waals surface area contributed by atoms with Crippen molar-refractivity contribution in [3.63, 3.8) is 0 Å². The van der Waals surface area contributed by atoms with Gasteiger partial charge in [-0.3, -0.25) is 9.48 Å². The fourth-order valence-electron chi connectivity index (χ4n) is 2.79. The Balaban J connectivity index is 1.61. The van der Waals surface area contributed by atoms with E-state index in [-0.39, 0.29) is 11.9 Å². The van der Waals surface area contributed by atoms with Crippen molar-refractivity contribution in [1.82, 2.24) is 15.1 Å². The molecule has 2 N–H and O–H groups in total. The Morgan fingerprint density at radius 3 is 3.05 bits per heavy atom. The van der Waals surface area contributed by atoms with E-state index in [1.54, 1.807) is 4.68 Å². The fourth-order valence-corrected chi connectivity index (χ4v) is 2.79. The smallest absolute Gasteiger partial charge is 0.243 e. The van der Waals surface area contributed by atoms with Crippen LogP contribution in [-0.4, -0.2) is 21.7 Å². The summed E-state index contributed by atoms with van der Waals surface area (Å²) in [6.45, 7) is 2.60. The first-order valence-corrected chi connectivity index (χ1v) is 7.31. The van der Waals surface area contributed by atoms with Gasteiger partial charge < -0.3 is 10.6 Å². The second-order valence-electron chi connectivity index (χ2n) is 5.40. The summed E-state index contributed by atoms with van der Waals surface area (Å²) in [5.74, 6) is 0.0390. The second kappa shape index (κ2) is 5.60. The van der Waals surface area contributed by atoms with Gasteiger partial charge in [0.15, 0.2) is 0 Å². The van der Waals surface area contributed by atoms with Gasteiger partial charge in [-0.05, 0) is 18.1 Å². The summed E-state index contributed by atoms with van der Waals surface area (Å²) < 4.78 is 1.80. The molecular weight excluding hydrogens is 264 g/mol. The summed E-state index contributed by atoms with van der Waals surface area (Å²) in [7, 11) is 1.90. The SMILES string of the molecule is CCc1nn(C)cc1CNC(=O)C1Cc2ccccc2N1. The first-order valence-electron chi connectivity index (χ1n) is 7.31. The summed E-state index contributed by atoms with van der Waals surface area (Å²) in [5, 5.41) is 10.7. The van der Waals surface area contributed by atoms with E-state index in [0.717, 1.165) is 29.8 Å². The van der Waals surface area contributed by atoms with Gasteiger partial charge in [0.25, 0.3) is 0 Å². The Bertz CT molecular complexity index is 637. The number of carbonyl (C=O) groups is 1. The number of hydrogen-bond donors (Lipinski definition) is 2. The summed E-state index contributed by atoms with van der Waals surface area (Å²) in [4.78, 5) is 12.3. The molecule has 0 radical (unpaired) electrons. The molecule has 0 saturated heterocycles. The first-order chi connectivity index (χ1) is 10.2. The predicted octanol–water partition coefficient (Wildman–Crippen LogP) is 1.64. The van der Waals surface area contributed by atoms with Crippen LogP contribution in [0.25, 0.3) is 0 Å². The maximum atomic E-state index is 12.3. The summed E-state index contributed by atoms with van der Waals surface area (Å²) >= 11 is 0. The van der Waals surface area contributed by atoms with Crippen molar-refractivity contribution in [3.8, 4) is 0 Å². The number of nitrogens with zero attached hydrogens (tertiary/aromatic N) is 2. The molecule has 0 bridgehead atoms. The molecule has 1 aromatic heterocycles. The molecular formula is C16H20N4O. The molecule has 2 heterocycles. The van der Waals surface area contributed by atoms with Crippen LogP contribution in [0.15, 0.2) is 30.5 Å². The Labute approximate surface area is 124 Å². The molecule has 1 aliphatic heterocycles. The molecule has 5 nitrogen and oxygen atoms in total. The highest BCUT2D eigenvalue weighted by Crippen LogP contribution is 2.25. The second-order valence-corrected chi connectivity index (χ2v) is 5.40. The quantitative estimate of drug-likeness (QED) is 0.897. The normalized spacial score (nSPS) is 16.4. The lowest BCUT2D eigenvalue weighted by Gasteiger charge is -2.11. The zero-order valence-electron chi connectivity index (χ0n) is 12.4. The average molecular weight is 284 g/mol. The lowest BCUT2D eigenvalue weighted by molar-refractivity contribution is -0.121. The van der Waals surface area contributed by atoms with Gasteiger partial charge in [-0.25, -0.2) is 0 Å². The number of amides is 1. The Kier molecular flexibility index (Phi) is 3.64. The van der Waals surface area contributed by atoms with Gasteiger partial charge in [0.1, 0.15) is 6.04 Å². The van der Waals surface area contributed by atoms with E-state index in [1.807, 2.05) is 31.4 Å². The molecule has 3 rings (SSSR count). The van der Waals surface area contributed by atoms with Gasteiger partial charge >= 0.3 is 0 Å². The van der Waals surface area contributed by atoms with Crippen LogP contribution in [-0.2, 0) is 31.2 Å². The molecule has 1 aliphatic rings. The highest BCUT2D eigenvalue weighted by atomic mass is 16.2. The lowest BCUT2D eigenvalue weighted by atomic mass is 10.1. The third-order valence-electron chi connectivity index (χ3n) is 3.87. The van der Waals surface area contributed by atoms with Crippen molar-refractivity contribution in [3.05, 3.63) is 47.3 Å². The fraction of sp³-hybridized carbons (Fsp3) is 0.375. The van der Waals surface area contributed by atoms with E-state index in [9.17, 15) is 4.79 Å². The lowest BCUT2D eigenvalue weighted by Crippen LogP contribution is -2.38. The minimum atomic E-state index is -0.177. The van der Waals surface area contributed by atoms with Gasteiger partial charge in [-0.1, -0.05) is 25.1 Å². The third kappa shape index (κ3) is 2.77. The molecule has 1 unspecified atom stereocenters. The Morgan fingerprint density at radius 2 is 2.29 bits per heavy atom. The van der Waals surface area contributed by atoms with Crippen LogP contribution >= 0.6 is 0 Å². The molecule has 1 aromatic carbocycles. The van der Waals surface area contributed by atoms with Crippen molar-refractivity contribution in [1.29, 1.82) is 0 Å². The standard InChI is InChI=1S/C16H20N4O/c1-3-13-12(10-20(2)19-13)9-17-16(21)15-8-11-6-4-5-7-14(11)18-15/h4-7,10,15,18H,3,8-9H2,1-2H3,(H,17,21). The summed E-state index contributed by atoms with van der Waals surface area (Å²) in [6.07, 6.45) is 3.59. The average Bonchev–Trinajstić information content (AvgIpc) is 3.07. The molecule has 0 aliphatic carbocycles. The van der Waals surface area contributed by atoms with Crippen LogP contribution in [0, 0.1) is 0 Å². The van der Waals surface area contributed by atoms with Gasteiger partial charge in [0, 0.05) is 37.5 Å². The maximum Gasteiger partial charge on any atom is 0.243 e. The molecule has 0 spiro atoms. The van der Waals surface area contributed by atoms with Gasteiger partial charge in [0.2, 0.25) is 5.91 Å². The van der Waals surface area contributed by atoms with Crippen LogP contribution in [0.1, 0.15) is 23.7 Å². The minimum absolute atomic E-state index is 0.0390. The summed E-state index contributed by atoms with van der Waals surface area (Å²) in [6, 6.07) is 7.88. The minimum Gasteiger partial charge on any atom is -0.373 e. The zero-order chi connectivity index (χ0) is 14.8. The van der Waals surface area contributed by atoms with Crippen LogP contribution in [0.2, 0.25) is 0 Å². The Hall–Kier alpha value is -2.30. The van der Waals surface area contributed by atoms with Crippen molar-refractivity contribution < 1.29 is 4.79 Å². The number of nitrogens with one attached hydrogen (secondary N) is 2. The topological polar surface area (TPSA) is 59.0 Å². The molecule has 0 saturated carbocycles. The molecule has 21 heavy (non-hydrogen) atoms. The first kappa shape index (κ1) is 13.7. The molecule has 5 heteroatoms. The van der Waals surface area contributed by atoms with Gasteiger partial charge in [-0.2, -0.15) is 5.10 Å². The number of aromatic nitrogens is 2.